The number of ether oxygens (including phenoxy) is 1. The Balaban J connectivity index is 2.20. The molecule has 1 saturated carbocycles. The van der Waals surface area contributed by atoms with Gasteiger partial charge in [0.15, 0.2) is 0 Å². The first-order valence-corrected chi connectivity index (χ1v) is 8.45. The van der Waals surface area contributed by atoms with Crippen LogP contribution in [0.5, 0.6) is 0 Å². The van der Waals surface area contributed by atoms with Gasteiger partial charge in [-0.05, 0) is 33.1 Å². The van der Waals surface area contributed by atoms with Crippen molar-refractivity contribution < 1.29 is 18.3 Å². The van der Waals surface area contributed by atoms with Crippen molar-refractivity contribution in [2.45, 2.75) is 38.4 Å². The average Bonchev–Trinajstić information content (AvgIpc) is 2.29. The summed E-state index contributed by atoms with van der Waals surface area (Å²) in [5.41, 5.74) is 0. The highest BCUT2D eigenvalue weighted by Gasteiger charge is 2.58. The van der Waals surface area contributed by atoms with Gasteiger partial charge in [-0.25, -0.2) is 0 Å². The van der Waals surface area contributed by atoms with E-state index in [0.29, 0.717) is 26.4 Å². The van der Waals surface area contributed by atoms with E-state index in [1.807, 2.05) is 13.8 Å². The van der Waals surface area contributed by atoms with Crippen LogP contribution in [-0.4, -0.2) is 49.7 Å². The molecule has 0 atom stereocenters. The van der Waals surface area contributed by atoms with Crippen molar-refractivity contribution in [1.29, 1.82) is 0 Å². The second-order valence-electron chi connectivity index (χ2n) is 4.77. The van der Waals surface area contributed by atoms with Crippen LogP contribution in [0, 0.1) is 0 Å². The van der Waals surface area contributed by atoms with Gasteiger partial charge in [0.1, 0.15) is 5.28 Å². The smallest absolute Gasteiger partial charge is 0.350 e. The van der Waals surface area contributed by atoms with Crippen molar-refractivity contribution in [2.24, 2.45) is 0 Å². The second-order valence-corrected chi connectivity index (χ2v) is 7.11. The first-order valence-electron chi connectivity index (χ1n) is 6.90. The van der Waals surface area contributed by atoms with Gasteiger partial charge >= 0.3 is 7.60 Å². The van der Waals surface area contributed by atoms with Crippen LogP contribution in [0.1, 0.15) is 33.1 Å². The summed E-state index contributed by atoms with van der Waals surface area (Å²) in [7, 11) is -3.05. The maximum absolute atomic E-state index is 13.1. The molecule has 1 aliphatic heterocycles. The molecule has 0 spiro atoms. The normalized spacial score (nSPS) is 24.8. The van der Waals surface area contributed by atoms with E-state index in [2.05, 4.69) is 4.90 Å². The Morgan fingerprint density at radius 2 is 1.72 bits per heavy atom. The highest BCUT2D eigenvalue weighted by molar-refractivity contribution is 7.55. The largest absolute Gasteiger partial charge is 0.379 e. The monoisotopic (exact) mass is 277 g/mol. The van der Waals surface area contributed by atoms with Crippen molar-refractivity contribution >= 4 is 7.60 Å². The van der Waals surface area contributed by atoms with E-state index in [9.17, 15) is 4.57 Å². The molecule has 0 bridgehead atoms. The fraction of sp³-hybridized carbons (Fsp3) is 1.00. The molecule has 0 aromatic carbocycles. The average molecular weight is 277 g/mol. The fourth-order valence-electron chi connectivity index (χ4n) is 2.85. The molecule has 0 unspecified atom stereocenters. The van der Waals surface area contributed by atoms with E-state index in [4.69, 9.17) is 13.8 Å². The third kappa shape index (κ3) is 2.39. The molecule has 0 N–H and O–H groups in total. The van der Waals surface area contributed by atoms with Crippen LogP contribution in [0.15, 0.2) is 0 Å². The van der Waals surface area contributed by atoms with E-state index in [-0.39, 0.29) is 5.28 Å². The van der Waals surface area contributed by atoms with Gasteiger partial charge < -0.3 is 13.8 Å². The molecule has 5 nitrogen and oxygen atoms in total. The predicted octanol–water partition coefficient (Wildman–Crippen LogP) is 2.46. The van der Waals surface area contributed by atoms with Gasteiger partial charge in [-0.3, -0.25) is 9.46 Å². The van der Waals surface area contributed by atoms with Crippen LogP contribution in [0.3, 0.4) is 0 Å². The van der Waals surface area contributed by atoms with Crippen molar-refractivity contribution in [3.63, 3.8) is 0 Å². The molecule has 2 rings (SSSR count). The molecule has 0 radical (unpaired) electrons. The lowest BCUT2D eigenvalue weighted by Crippen LogP contribution is -2.57. The number of morpholine rings is 1. The molecular weight excluding hydrogens is 253 g/mol. The summed E-state index contributed by atoms with van der Waals surface area (Å²) in [4.78, 5) is 2.27. The van der Waals surface area contributed by atoms with E-state index in [0.717, 1.165) is 32.4 Å². The maximum Gasteiger partial charge on any atom is 0.350 e. The lowest BCUT2D eigenvalue weighted by molar-refractivity contribution is -0.0326. The van der Waals surface area contributed by atoms with Gasteiger partial charge in [-0.2, -0.15) is 0 Å². The Bertz CT molecular complexity index is 303. The summed E-state index contributed by atoms with van der Waals surface area (Å²) < 4.78 is 29.6. The third-order valence-electron chi connectivity index (χ3n) is 3.86. The van der Waals surface area contributed by atoms with Crippen LogP contribution < -0.4 is 0 Å². The standard InChI is InChI=1S/C12H24NO4P/c1-3-16-18(14,17-4-2)12(6-5-7-12)13-8-10-15-11-9-13/h3-11H2,1-2H3. The van der Waals surface area contributed by atoms with Crippen LogP contribution in [0.4, 0.5) is 0 Å². The number of hydrogen-bond acceptors (Lipinski definition) is 5. The first kappa shape index (κ1) is 14.5. The van der Waals surface area contributed by atoms with Crippen LogP contribution >= 0.6 is 7.60 Å². The van der Waals surface area contributed by atoms with Crippen LogP contribution in [-0.2, 0) is 18.3 Å². The van der Waals surface area contributed by atoms with Crippen molar-refractivity contribution in [1.82, 2.24) is 4.90 Å². The molecule has 0 aromatic rings. The topological polar surface area (TPSA) is 48.0 Å². The van der Waals surface area contributed by atoms with Gasteiger partial charge in [0.2, 0.25) is 0 Å². The SMILES string of the molecule is CCOP(=O)(OCC)C1(N2CCOCC2)CCC1. The zero-order valence-corrected chi connectivity index (χ0v) is 12.3. The Morgan fingerprint density at radius 3 is 2.11 bits per heavy atom. The molecule has 106 valence electrons. The van der Waals surface area contributed by atoms with E-state index in [1.54, 1.807) is 0 Å². The van der Waals surface area contributed by atoms with E-state index < -0.39 is 7.60 Å². The minimum Gasteiger partial charge on any atom is -0.379 e. The van der Waals surface area contributed by atoms with Crippen molar-refractivity contribution in [2.75, 3.05) is 39.5 Å². The fourth-order valence-corrected chi connectivity index (χ4v) is 5.50. The molecular formula is C12H24NO4P. The summed E-state index contributed by atoms with van der Waals surface area (Å²) in [5.74, 6) is 0. The molecule has 1 aliphatic carbocycles. The number of rotatable bonds is 6. The number of hydrogen-bond donors (Lipinski definition) is 0. The molecule has 1 saturated heterocycles. The third-order valence-corrected chi connectivity index (χ3v) is 6.81. The summed E-state index contributed by atoms with van der Waals surface area (Å²) >= 11 is 0. The van der Waals surface area contributed by atoms with Crippen LogP contribution in [0.2, 0.25) is 0 Å². The zero-order valence-electron chi connectivity index (χ0n) is 11.4. The second kappa shape index (κ2) is 6.02. The van der Waals surface area contributed by atoms with Gasteiger partial charge in [-0.15, -0.1) is 0 Å². The lowest BCUT2D eigenvalue weighted by Gasteiger charge is -2.53. The first-order chi connectivity index (χ1) is 8.68. The summed E-state index contributed by atoms with van der Waals surface area (Å²) in [6, 6.07) is 0. The Morgan fingerprint density at radius 1 is 1.17 bits per heavy atom. The summed E-state index contributed by atoms with van der Waals surface area (Å²) in [6.07, 6.45) is 2.91. The van der Waals surface area contributed by atoms with Crippen LogP contribution in [0.25, 0.3) is 0 Å². The maximum atomic E-state index is 13.1. The predicted molar refractivity (Wildman–Crippen MR) is 69.8 cm³/mol. The molecule has 1 heterocycles. The molecule has 0 amide bonds. The number of nitrogens with zero attached hydrogens (tertiary/aromatic N) is 1. The lowest BCUT2D eigenvalue weighted by atomic mass is 9.90. The van der Waals surface area contributed by atoms with Gasteiger partial charge in [-0.1, -0.05) is 0 Å². The van der Waals surface area contributed by atoms with Crippen molar-refractivity contribution in [3.05, 3.63) is 0 Å². The molecule has 2 fully saturated rings. The van der Waals surface area contributed by atoms with Gasteiger partial charge in [0.25, 0.3) is 0 Å². The minimum atomic E-state index is -3.05. The molecule has 2 aliphatic rings. The highest BCUT2D eigenvalue weighted by atomic mass is 31.2. The van der Waals surface area contributed by atoms with Gasteiger partial charge in [0, 0.05) is 13.1 Å². The quantitative estimate of drug-likeness (QED) is 0.698. The Hall–Kier alpha value is 0.0700. The summed E-state index contributed by atoms with van der Waals surface area (Å²) in [5, 5.41) is -0.386. The van der Waals surface area contributed by atoms with E-state index in [1.165, 1.54) is 0 Å². The molecule has 6 heteroatoms. The van der Waals surface area contributed by atoms with E-state index >= 15 is 0 Å². The molecule has 0 aromatic heterocycles. The Kier molecular flexibility index (Phi) is 4.84. The molecule has 18 heavy (non-hydrogen) atoms. The zero-order chi connectivity index (χ0) is 13.1. The summed E-state index contributed by atoms with van der Waals surface area (Å²) in [6.45, 7) is 7.68. The minimum absolute atomic E-state index is 0.386. The van der Waals surface area contributed by atoms with Crippen molar-refractivity contribution in [3.8, 4) is 0 Å². The highest BCUT2D eigenvalue weighted by Crippen LogP contribution is 2.68. The Labute approximate surface area is 109 Å². The van der Waals surface area contributed by atoms with Gasteiger partial charge in [0.05, 0.1) is 26.4 Å².